The second-order valence-electron chi connectivity index (χ2n) is 5.29. The fourth-order valence-electron chi connectivity index (χ4n) is 2.37. The molecule has 2 aromatic heterocycles. The molecule has 124 valence electrons. The SMILES string of the molecule is Cn1ccnc1C(NC(=O)NCc1ccco1)c1ccc(F)cc1. The van der Waals surface area contributed by atoms with Crippen molar-refractivity contribution < 1.29 is 13.6 Å². The van der Waals surface area contributed by atoms with E-state index in [1.807, 2.05) is 7.05 Å². The zero-order valence-corrected chi connectivity index (χ0v) is 13.1. The van der Waals surface area contributed by atoms with E-state index in [2.05, 4.69) is 15.6 Å². The predicted molar refractivity (Wildman–Crippen MR) is 85.5 cm³/mol. The molecule has 3 rings (SSSR count). The molecular formula is C17H17FN4O2. The van der Waals surface area contributed by atoms with Crippen LogP contribution in [0.25, 0.3) is 0 Å². The Morgan fingerprint density at radius 2 is 2.12 bits per heavy atom. The molecule has 1 unspecified atom stereocenters. The Hall–Kier alpha value is -3.09. The van der Waals surface area contributed by atoms with Crippen LogP contribution in [0.2, 0.25) is 0 Å². The minimum atomic E-state index is -0.498. The predicted octanol–water partition coefficient (Wildman–Crippen LogP) is 2.74. The van der Waals surface area contributed by atoms with Crippen LogP contribution in [0.15, 0.2) is 59.5 Å². The summed E-state index contributed by atoms with van der Waals surface area (Å²) < 4.78 is 20.2. The molecular weight excluding hydrogens is 311 g/mol. The molecule has 3 aromatic rings. The molecule has 0 radical (unpaired) electrons. The van der Waals surface area contributed by atoms with Gasteiger partial charge in [-0.05, 0) is 29.8 Å². The minimum absolute atomic E-state index is 0.273. The molecule has 0 aliphatic carbocycles. The molecule has 0 aliphatic heterocycles. The lowest BCUT2D eigenvalue weighted by atomic mass is 10.1. The number of hydrogen-bond donors (Lipinski definition) is 2. The van der Waals surface area contributed by atoms with Crippen molar-refractivity contribution in [3.8, 4) is 0 Å². The van der Waals surface area contributed by atoms with Crippen molar-refractivity contribution >= 4 is 6.03 Å². The van der Waals surface area contributed by atoms with E-state index >= 15 is 0 Å². The average Bonchev–Trinajstić information content (AvgIpc) is 3.23. The van der Waals surface area contributed by atoms with Gasteiger partial charge in [0.2, 0.25) is 0 Å². The first kappa shape index (κ1) is 15.8. The molecule has 0 bridgehead atoms. The van der Waals surface area contributed by atoms with Crippen LogP contribution in [0.3, 0.4) is 0 Å². The molecule has 2 heterocycles. The zero-order valence-electron chi connectivity index (χ0n) is 13.1. The number of furan rings is 1. The Kier molecular flexibility index (Phi) is 4.60. The number of halogens is 1. The number of imidazole rings is 1. The van der Waals surface area contributed by atoms with Crippen molar-refractivity contribution in [2.45, 2.75) is 12.6 Å². The van der Waals surface area contributed by atoms with E-state index in [-0.39, 0.29) is 18.4 Å². The number of aryl methyl sites for hydroxylation is 1. The number of amides is 2. The van der Waals surface area contributed by atoms with Gasteiger partial charge in [-0.25, -0.2) is 14.2 Å². The lowest BCUT2D eigenvalue weighted by molar-refractivity contribution is 0.236. The molecule has 0 spiro atoms. The quantitative estimate of drug-likeness (QED) is 0.756. The maximum absolute atomic E-state index is 13.2. The number of hydrogen-bond acceptors (Lipinski definition) is 3. The van der Waals surface area contributed by atoms with Crippen molar-refractivity contribution in [2.24, 2.45) is 7.05 Å². The highest BCUT2D eigenvalue weighted by Crippen LogP contribution is 2.20. The zero-order chi connectivity index (χ0) is 16.9. The highest BCUT2D eigenvalue weighted by Gasteiger charge is 2.20. The van der Waals surface area contributed by atoms with Gasteiger partial charge in [0.1, 0.15) is 23.4 Å². The number of carbonyl (C=O) groups is 1. The summed E-state index contributed by atoms with van der Waals surface area (Å²) in [7, 11) is 1.83. The summed E-state index contributed by atoms with van der Waals surface area (Å²) >= 11 is 0. The van der Waals surface area contributed by atoms with E-state index < -0.39 is 6.04 Å². The Labute approximate surface area is 138 Å². The van der Waals surface area contributed by atoms with E-state index in [1.165, 1.54) is 12.1 Å². The molecule has 6 nitrogen and oxygen atoms in total. The topological polar surface area (TPSA) is 72.1 Å². The van der Waals surface area contributed by atoms with Crippen LogP contribution in [0, 0.1) is 5.82 Å². The second kappa shape index (κ2) is 6.99. The largest absolute Gasteiger partial charge is 0.467 e. The van der Waals surface area contributed by atoms with E-state index in [0.29, 0.717) is 11.6 Å². The summed E-state index contributed by atoms with van der Waals surface area (Å²) in [5, 5.41) is 5.58. The third kappa shape index (κ3) is 3.62. The number of carbonyl (C=O) groups excluding carboxylic acids is 1. The fourth-order valence-corrected chi connectivity index (χ4v) is 2.37. The van der Waals surface area contributed by atoms with E-state index in [0.717, 1.165) is 5.56 Å². The summed E-state index contributed by atoms with van der Waals surface area (Å²) in [5.74, 6) is 0.967. The van der Waals surface area contributed by atoms with Crippen molar-refractivity contribution in [1.29, 1.82) is 0 Å². The van der Waals surface area contributed by atoms with E-state index in [9.17, 15) is 9.18 Å². The molecule has 0 saturated heterocycles. The maximum atomic E-state index is 13.2. The Morgan fingerprint density at radius 3 is 2.75 bits per heavy atom. The standard InChI is InChI=1S/C17H17FN4O2/c1-22-9-8-19-16(22)15(12-4-6-13(18)7-5-12)21-17(23)20-11-14-3-2-10-24-14/h2-10,15H,11H2,1H3,(H2,20,21,23). The van der Waals surface area contributed by atoms with Crippen LogP contribution in [0.1, 0.15) is 23.2 Å². The molecule has 7 heteroatoms. The lowest BCUT2D eigenvalue weighted by Crippen LogP contribution is -2.38. The van der Waals surface area contributed by atoms with Crippen LogP contribution in [0.5, 0.6) is 0 Å². The van der Waals surface area contributed by atoms with Crippen LogP contribution >= 0.6 is 0 Å². The highest BCUT2D eigenvalue weighted by molar-refractivity contribution is 5.74. The summed E-state index contributed by atoms with van der Waals surface area (Å²) in [6.07, 6.45) is 4.98. The first-order valence-corrected chi connectivity index (χ1v) is 7.43. The molecule has 0 fully saturated rings. The minimum Gasteiger partial charge on any atom is -0.467 e. The first-order valence-electron chi connectivity index (χ1n) is 7.43. The van der Waals surface area contributed by atoms with Gasteiger partial charge in [0.15, 0.2) is 0 Å². The summed E-state index contributed by atoms with van der Waals surface area (Å²) in [4.78, 5) is 16.5. The Morgan fingerprint density at radius 1 is 1.33 bits per heavy atom. The smallest absolute Gasteiger partial charge is 0.316 e. The van der Waals surface area contributed by atoms with E-state index in [1.54, 1.807) is 47.5 Å². The maximum Gasteiger partial charge on any atom is 0.316 e. The highest BCUT2D eigenvalue weighted by atomic mass is 19.1. The molecule has 0 aliphatic rings. The third-order valence-corrected chi connectivity index (χ3v) is 3.60. The summed E-state index contributed by atoms with van der Waals surface area (Å²) in [5.41, 5.74) is 0.735. The average molecular weight is 328 g/mol. The summed E-state index contributed by atoms with van der Waals surface area (Å²) in [6.45, 7) is 0.273. The lowest BCUT2D eigenvalue weighted by Gasteiger charge is -2.19. The van der Waals surface area contributed by atoms with Gasteiger partial charge in [-0.1, -0.05) is 12.1 Å². The first-order chi connectivity index (χ1) is 11.6. The van der Waals surface area contributed by atoms with Gasteiger partial charge in [0.25, 0.3) is 0 Å². The number of aromatic nitrogens is 2. The van der Waals surface area contributed by atoms with Gasteiger partial charge in [-0.15, -0.1) is 0 Å². The van der Waals surface area contributed by atoms with Gasteiger partial charge in [0, 0.05) is 19.4 Å². The number of benzene rings is 1. The monoisotopic (exact) mass is 328 g/mol. The molecule has 1 atom stereocenters. The molecule has 0 saturated carbocycles. The van der Waals surface area contributed by atoms with Crippen molar-refractivity contribution in [2.75, 3.05) is 0 Å². The molecule has 2 N–H and O–H groups in total. The Balaban J connectivity index is 1.76. The van der Waals surface area contributed by atoms with Crippen LogP contribution in [-0.4, -0.2) is 15.6 Å². The van der Waals surface area contributed by atoms with Crippen LogP contribution in [0.4, 0.5) is 9.18 Å². The van der Waals surface area contributed by atoms with Gasteiger partial charge >= 0.3 is 6.03 Å². The normalized spacial score (nSPS) is 11.9. The number of rotatable bonds is 5. The number of urea groups is 1. The number of nitrogens with zero attached hydrogens (tertiary/aromatic N) is 2. The summed E-state index contributed by atoms with van der Waals surface area (Å²) in [6, 6.07) is 8.62. The van der Waals surface area contributed by atoms with Gasteiger partial charge in [0.05, 0.1) is 12.8 Å². The van der Waals surface area contributed by atoms with Crippen molar-refractivity contribution in [3.63, 3.8) is 0 Å². The van der Waals surface area contributed by atoms with Crippen molar-refractivity contribution in [1.82, 2.24) is 20.2 Å². The Bertz CT molecular complexity index is 796. The van der Waals surface area contributed by atoms with Crippen molar-refractivity contribution in [3.05, 3.63) is 78.0 Å². The van der Waals surface area contributed by atoms with Gasteiger partial charge in [-0.3, -0.25) is 0 Å². The number of nitrogens with one attached hydrogen (secondary N) is 2. The molecule has 24 heavy (non-hydrogen) atoms. The van der Waals surface area contributed by atoms with E-state index in [4.69, 9.17) is 4.42 Å². The van der Waals surface area contributed by atoms with Crippen LogP contribution < -0.4 is 10.6 Å². The third-order valence-electron chi connectivity index (χ3n) is 3.60. The van der Waals surface area contributed by atoms with Gasteiger partial charge < -0.3 is 19.6 Å². The molecule has 2 amide bonds. The van der Waals surface area contributed by atoms with Crippen LogP contribution in [-0.2, 0) is 13.6 Å². The molecule has 1 aromatic carbocycles. The fraction of sp³-hybridized carbons (Fsp3) is 0.176. The van der Waals surface area contributed by atoms with Gasteiger partial charge in [-0.2, -0.15) is 0 Å². The second-order valence-corrected chi connectivity index (χ2v) is 5.29.